The van der Waals surface area contributed by atoms with Crippen molar-refractivity contribution in [3.8, 4) is 17.2 Å². The molecular formula is C21H20ClFN2O5. The van der Waals surface area contributed by atoms with E-state index in [9.17, 15) is 14.0 Å². The third kappa shape index (κ3) is 5.87. The van der Waals surface area contributed by atoms with Crippen LogP contribution in [0, 0.1) is 5.82 Å². The van der Waals surface area contributed by atoms with Gasteiger partial charge in [-0.15, -0.1) is 0 Å². The lowest BCUT2D eigenvalue weighted by atomic mass is 10.2. The summed E-state index contributed by atoms with van der Waals surface area (Å²) in [5.41, 5.74) is 0.400. The lowest BCUT2D eigenvalue weighted by Crippen LogP contribution is -2.44. The highest BCUT2D eigenvalue weighted by molar-refractivity contribution is 6.30. The molecule has 0 spiro atoms. The van der Waals surface area contributed by atoms with Crippen LogP contribution in [0.4, 0.5) is 4.39 Å². The zero-order valence-electron chi connectivity index (χ0n) is 16.0. The lowest BCUT2D eigenvalue weighted by Gasteiger charge is -2.25. The Morgan fingerprint density at radius 2 is 2.00 bits per heavy atom. The molecule has 1 atom stereocenters. The molecule has 0 radical (unpaired) electrons. The van der Waals surface area contributed by atoms with Gasteiger partial charge in [0.25, 0.3) is 11.8 Å². The number of hydrogen-bond acceptors (Lipinski definition) is 5. The lowest BCUT2D eigenvalue weighted by molar-refractivity contribution is -0.130. The molecule has 1 heterocycles. The number of nitrogens with one attached hydrogen (secondary N) is 2. The van der Waals surface area contributed by atoms with E-state index >= 15 is 0 Å². The quantitative estimate of drug-likeness (QED) is 0.667. The number of ether oxygens (including phenoxy) is 3. The van der Waals surface area contributed by atoms with E-state index in [1.54, 1.807) is 18.2 Å². The topological polar surface area (TPSA) is 85.9 Å². The molecule has 2 N–H and O–H groups in total. The highest BCUT2D eigenvalue weighted by Crippen LogP contribution is 2.30. The second-order valence-corrected chi connectivity index (χ2v) is 6.83. The van der Waals surface area contributed by atoms with Crippen LogP contribution in [0.5, 0.6) is 17.2 Å². The molecule has 0 saturated carbocycles. The molecule has 0 aliphatic carbocycles. The highest BCUT2D eigenvalue weighted by atomic mass is 35.5. The van der Waals surface area contributed by atoms with E-state index in [0.717, 1.165) is 6.07 Å². The van der Waals surface area contributed by atoms with Gasteiger partial charge >= 0.3 is 0 Å². The summed E-state index contributed by atoms with van der Waals surface area (Å²) in [5.74, 6) is -0.117. The van der Waals surface area contributed by atoms with Crippen molar-refractivity contribution in [2.45, 2.75) is 12.5 Å². The number of rotatable bonds is 8. The van der Waals surface area contributed by atoms with Gasteiger partial charge in [-0.25, -0.2) is 4.39 Å². The van der Waals surface area contributed by atoms with Crippen LogP contribution >= 0.6 is 11.6 Å². The molecule has 1 aliphatic rings. The predicted octanol–water partition coefficient (Wildman–Crippen LogP) is 2.83. The Kier molecular flexibility index (Phi) is 7.13. The Morgan fingerprint density at radius 1 is 1.23 bits per heavy atom. The van der Waals surface area contributed by atoms with Crippen molar-refractivity contribution in [2.24, 2.45) is 0 Å². The summed E-state index contributed by atoms with van der Waals surface area (Å²) in [5, 5.41) is 5.24. The molecule has 3 rings (SSSR count). The largest absolute Gasteiger partial charge is 0.485 e. The van der Waals surface area contributed by atoms with Crippen molar-refractivity contribution in [1.29, 1.82) is 0 Å². The van der Waals surface area contributed by atoms with Crippen molar-refractivity contribution >= 4 is 23.4 Å². The summed E-state index contributed by atoms with van der Waals surface area (Å²) in [6.07, 6.45) is -0.437. The minimum Gasteiger partial charge on any atom is -0.485 e. The molecule has 0 bridgehead atoms. The number of para-hydroxylation sites is 2. The van der Waals surface area contributed by atoms with Crippen molar-refractivity contribution in [2.75, 3.05) is 19.8 Å². The number of carbonyl (C=O) groups is 2. The molecular weight excluding hydrogens is 415 g/mol. The Bertz CT molecular complexity index is 953. The maximum Gasteiger partial charge on any atom is 0.264 e. The Hall–Kier alpha value is -3.26. The van der Waals surface area contributed by atoms with E-state index in [0.29, 0.717) is 23.6 Å². The van der Waals surface area contributed by atoms with Crippen LogP contribution in [0.1, 0.15) is 6.42 Å². The Labute approximate surface area is 177 Å². The molecule has 7 nitrogen and oxygen atoms in total. The van der Waals surface area contributed by atoms with E-state index in [2.05, 4.69) is 17.2 Å². The van der Waals surface area contributed by atoms with E-state index in [1.165, 1.54) is 12.1 Å². The summed E-state index contributed by atoms with van der Waals surface area (Å²) in [6, 6.07) is 11.0. The van der Waals surface area contributed by atoms with Crippen molar-refractivity contribution in [1.82, 2.24) is 10.6 Å². The molecule has 2 aromatic carbocycles. The van der Waals surface area contributed by atoms with E-state index in [4.69, 9.17) is 25.8 Å². The first-order valence-corrected chi connectivity index (χ1v) is 9.52. The van der Waals surface area contributed by atoms with Crippen LogP contribution in [0.15, 0.2) is 54.7 Å². The van der Waals surface area contributed by atoms with Crippen LogP contribution in [-0.2, 0) is 9.59 Å². The number of fused-ring (bicyclic) bond motifs is 1. The van der Waals surface area contributed by atoms with Gasteiger partial charge in [0.2, 0.25) is 6.10 Å². The summed E-state index contributed by atoms with van der Waals surface area (Å²) in [4.78, 5) is 24.1. The molecule has 30 heavy (non-hydrogen) atoms. The normalized spacial score (nSPS) is 14.5. The maximum absolute atomic E-state index is 13.3. The molecule has 0 aromatic heterocycles. The second-order valence-electron chi connectivity index (χ2n) is 6.42. The molecule has 158 valence electrons. The monoisotopic (exact) mass is 434 g/mol. The SMILES string of the molecule is C=C(CCNC(=O)C1COc2ccccc2O1)NC(=O)COc1ccc(Cl)c(F)c1. The van der Waals surface area contributed by atoms with Gasteiger partial charge in [0.05, 0.1) is 5.02 Å². The van der Waals surface area contributed by atoms with Crippen molar-refractivity contribution in [3.05, 3.63) is 65.6 Å². The fourth-order valence-corrected chi connectivity index (χ4v) is 2.73. The third-order valence-electron chi connectivity index (χ3n) is 4.10. The number of hydrogen-bond donors (Lipinski definition) is 2. The van der Waals surface area contributed by atoms with Gasteiger partial charge in [-0.2, -0.15) is 0 Å². The van der Waals surface area contributed by atoms with E-state index in [-0.39, 0.29) is 36.4 Å². The van der Waals surface area contributed by atoms with Gasteiger partial charge in [-0.3, -0.25) is 9.59 Å². The molecule has 1 unspecified atom stereocenters. The molecule has 2 aromatic rings. The number of halogens is 2. The van der Waals surface area contributed by atoms with Gasteiger partial charge in [0.15, 0.2) is 18.1 Å². The van der Waals surface area contributed by atoms with Crippen LogP contribution < -0.4 is 24.8 Å². The second kappa shape index (κ2) is 9.98. The zero-order valence-corrected chi connectivity index (χ0v) is 16.7. The summed E-state index contributed by atoms with van der Waals surface area (Å²) < 4.78 is 29.7. The van der Waals surface area contributed by atoms with Crippen molar-refractivity contribution in [3.63, 3.8) is 0 Å². The first-order chi connectivity index (χ1) is 14.4. The average molecular weight is 435 g/mol. The molecule has 0 fully saturated rings. The Morgan fingerprint density at radius 3 is 2.77 bits per heavy atom. The minimum absolute atomic E-state index is 0.0309. The van der Waals surface area contributed by atoms with Crippen LogP contribution in [0.3, 0.4) is 0 Å². The van der Waals surface area contributed by atoms with Crippen LogP contribution in [0.25, 0.3) is 0 Å². The minimum atomic E-state index is -0.754. The smallest absolute Gasteiger partial charge is 0.264 e. The summed E-state index contributed by atoms with van der Waals surface area (Å²) >= 11 is 5.59. The van der Waals surface area contributed by atoms with Gasteiger partial charge in [0.1, 0.15) is 18.2 Å². The Balaban J connectivity index is 1.35. The average Bonchev–Trinajstić information content (AvgIpc) is 2.74. The first kappa shape index (κ1) is 21.4. The van der Waals surface area contributed by atoms with Crippen LogP contribution in [-0.4, -0.2) is 37.7 Å². The molecule has 2 amide bonds. The number of amides is 2. The molecule has 0 saturated heterocycles. The van der Waals surface area contributed by atoms with E-state index in [1.807, 2.05) is 6.07 Å². The van der Waals surface area contributed by atoms with Crippen molar-refractivity contribution < 1.29 is 28.2 Å². The molecule has 1 aliphatic heterocycles. The third-order valence-corrected chi connectivity index (χ3v) is 4.41. The predicted molar refractivity (Wildman–Crippen MR) is 108 cm³/mol. The zero-order chi connectivity index (χ0) is 21.5. The van der Waals surface area contributed by atoms with Gasteiger partial charge in [-0.05, 0) is 24.3 Å². The standard InChI is InChI=1S/C21H20ClFN2O5/c1-13(25-20(26)12-28-14-6-7-15(22)16(23)10-14)8-9-24-21(27)19-11-29-17-4-2-3-5-18(17)30-19/h2-7,10,19H,1,8-9,11-12H2,(H,24,27)(H,25,26). The number of benzene rings is 2. The summed E-state index contributed by atoms with van der Waals surface area (Å²) in [7, 11) is 0. The molecule has 9 heteroatoms. The fraction of sp³-hybridized carbons (Fsp3) is 0.238. The first-order valence-electron chi connectivity index (χ1n) is 9.14. The van der Waals surface area contributed by atoms with Gasteiger partial charge in [-0.1, -0.05) is 30.3 Å². The summed E-state index contributed by atoms with van der Waals surface area (Å²) in [6.45, 7) is 3.79. The highest BCUT2D eigenvalue weighted by Gasteiger charge is 2.26. The van der Waals surface area contributed by atoms with E-state index < -0.39 is 17.8 Å². The fourth-order valence-electron chi connectivity index (χ4n) is 2.61. The van der Waals surface area contributed by atoms with Crippen LogP contribution in [0.2, 0.25) is 5.02 Å². The van der Waals surface area contributed by atoms with Gasteiger partial charge in [0, 0.05) is 24.7 Å². The number of carbonyl (C=O) groups excluding carboxylic acids is 2. The van der Waals surface area contributed by atoms with Gasteiger partial charge < -0.3 is 24.8 Å². The maximum atomic E-state index is 13.3.